The molecule has 0 heterocycles. The zero-order valence-corrected chi connectivity index (χ0v) is 21.2. The Bertz CT molecular complexity index is 1210. The number of sulfonamides is 1. The van der Waals surface area contributed by atoms with E-state index >= 15 is 0 Å². The molecule has 196 valence electrons. The van der Waals surface area contributed by atoms with Gasteiger partial charge in [-0.3, -0.25) is 24.0 Å². The van der Waals surface area contributed by atoms with E-state index in [4.69, 9.17) is 4.74 Å². The highest BCUT2D eigenvalue weighted by Crippen LogP contribution is 2.34. The number of carbonyl (C=O) groups excluding carboxylic acids is 2. The number of methoxy groups -OCH3 is 1. The van der Waals surface area contributed by atoms with E-state index in [1.807, 2.05) is 0 Å². The molecule has 1 N–H and O–H groups in total. The standard InChI is InChI=1S/C23H29FN4O7S/c1-5-19(23(30)25-6-2)26(14-16-7-9-17(24)10-8-16)22(29)15-27(36(4,33)34)20-13-18(28(31)32)11-12-21(20)35-3/h7-13,19H,5-6,14-15H2,1-4H3,(H,25,30). The van der Waals surface area contributed by atoms with E-state index in [1.165, 1.54) is 42.3 Å². The lowest BCUT2D eigenvalue weighted by molar-refractivity contribution is -0.384. The molecular formula is C23H29FN4O7S. The van der Waals surface area contributed by atoms with Crippen LogP contribution in [0.15, 0.2) is 42.5 Å². The maximum atomic E-state index is 13.6. The van der Waals surface area contributed by atoms with Crippen molar-refractivity contribution in [1.82, 2.24) is 10.2 Å². The lowest BCUT2D eigenvalue weighted by Crippen LogP contribution is -2.52. The average Bonchev–Trinajstić information content (AvgIpc) is 2.82. The number of hydrogen-bond acceptors (Lipinski definition) is 7. The summed E-state index contributed by atoms with van der Waals surface area (Å²) in [6, 6.07) is 7.76. The highest BCUT2D eigenvalue weighted by molar-refractivity contribution is 7.92. The topological polar surface area (TPSA) is 139 Å². The lowest BCUT2D eigenvalue weighted by Gasteiger charge is -2.33. The quantitative estimate of drug-likeness (QED) is 0.332. The molecule has 0 saturated carbocycles. The van der Waals surface area contributed by atoms with E-state index in [9.17, 15) is 32.5 Å². The molecule has 0 saturated heterocycles. The normalized spacial score (nSPS) is 11.9. The second-order valence-electron chi connectivity index (χ2n) is 7.85. The van der Waals surface area contributed by atoms with Crippen molar-refractivity contribution in [3.8, 4) is 5.75 Å². The Morgan fingerprint density at radius 2 is 1.81 bits per heavy atom. The fourth-order valence-corrected chi connectivity index (χ4v) is 4.42. The van der Waals surface area contributed by atoms with Gasteiger partial charge in [0.1, 0.15) is 29.8 Å². The third kappa shape index (κ3) is 7.13. The largest absolute Gasteiger partial charge is 0.495 e. The Morgan fingerprint density at radius 1 is 1.17 bits per heavy atom. The summed E-state index contributed by atoms with van der Waals surface area (Å²) in [5.41, 5.74) is -0.0782. The summed E-state index contributed by atoms with van der Waals surface area (Å²) in [4.78, 5) is 38.1. The average molecular weight is 525 g/mol. The molecule has 36 heavy (non-hydrogen) atoms. The predicted octanol–water partition coefficient (Wildman–Crippen LogP) is 2.45. The second kappa shape index (κ2) is 12.3. The number of anilines is 1. The third-order valence-corrected chi connectivity index (χ3v) is 6.45. The van der Waals surface area contributed by atoms with Gasteiger partial charge < -0.3 is 15.0 Å². The van der Waals surface area contributed by atoms with Crippen LogP contribution in [0.3, 0.4) is 0 Å². The van der Waals surface area contributed by atoms with Gasteiger partial charge in [-0.15, -0.1) is 0 Å². The number of carbonyl (C=O) groups is 2. The minimum atomic E-state index is -4.13. The number of nitrogens with one attached hydrogen (secondary N) is 1. The maximum Gasteiger partial charge on any atom is 0.271 e. The van der Waals surface area contributed by atoms with Crippen molar-refractivity contribution in [1.29, 1.82) is 0 Å². The van der Waals surface area contributed by atoms with Crippen LogP contribution < -0.4 is 14.4 Å². The lowest BCUT2D eigenvalue weighted by atomic mass is 10.1. The highest BCUT2D eigenvalue weighted by atomic mass is 32.2. The SMILES string of the molecule is CCNC(=O)C(CC)N(Cc1ccc(F)cc1)C(=O)CN(c1cc([N+](=O)[O-])ccc1OC)S(C)(=O)=O. The predicted molar refractivity (Wildman–Crippen MR) is 132 cm³/mol. The van der Waals surface area contributed by atoms with Crippen molar-refractivity contribution in [3.05, 3.63) is 64.0 Å². The number of rotatable bonds is 12. The Morgan fingerprint density at radius 3 is 2.31 bits per heavy atom. The van der Waals surface area contributed by atoms with Crippen molar-refractivity contribution < 1.29 is 32.1 Å². The van der Waals surface area contributed by atoms with Crippen LogP contribution in [0, 0.1) is 15.9 Å². The molecule has 0 aliphatic rings. The van der Waals surface area contributed by atoms with Crippen molar-refractivity contribution >= 4 is 33.2 Å². The van der Waals surface area contributed by atoms with Gasteiger partial charge >= 0.3 is 0 Å². The van der Waals surface area contributed by atoms with Crippen LogP contribution in [-0.2, 0) is 26.2 Å². The number of nitro groups is 1. The van der Waals surface area contributed by atoms with Crippen molar-refractivity contribution in [2.75, 3.05) is 30.8 Å². The first-order chi connectivity index (χ1) is 16.9. The van der Waals surface area contributed by atoms with Crippen LogP contribution in [0.2, 0.25) is 0 Å². The Kier molecular flexibility index (Phi) is 9.73. The first-order valence-corrected chi connectivity index (χ1v) is 12.9. The number of benzene rings is 2. The van der Waals surface area contributed by atoms with Gasteiger partial charge in [-0.2, -0.15) is 0 Å². The molecule has 0 aliphatic carbocycles. The molecule has 0 fully saturated rings. The first kappa shape index (κ1) is 28.5. The molecule has 2 amide bonds. The minimum Gasteiger partial charge on any atom is -0.495 e. The van der Waals surface area contributed by atoms with Gasteiger partial charge in [-0.05, 0) is 37.1 Å². The molecule has 2 rings (SSSR count). The fourth-order valence-electron chi connectivity index (χ4n) is 3.58. The molecule has 2 aromatic carbocycles. The molecular weight excluding hydrogens is 495 g/mol. The zero-order chi connectivity index (χ0) is 27.0. The number of halogens is 1. The molecule has 0 radical (unpaired) electrons. The van der Waals surface area contributed by atoms with Gasteiger partial charge in [-0.25, -0.2) is 12.8 Å². The fraction of sp³-hybridized carbons (Fsp3) is 0.391. The summed E-state index contributed by atoms with van der Waals surface area (Å²) >= 11 is 0. The van der Waals surface area contributed by atoms with Crippen molar-refractivity contribution in [2.45, 2.75) is 32.9 Å². The number of nitro benzene ring substituents is 1. The Hall–Kier alpha value is -3.74. The van der Waals surface area contributed by atoms with Crippen LogP contribution in [-0.4, -0.2) is 62.6 Å². The van der Waals surface area contributed by atoms with Gasteiger partial charge in [0.05, 0.1) is 18.3 Å². The Labute approximate surface area is 209 Å². The van der Waals surface area contributed by atoms with Gasteiger partial charge in [-0.1, -0.05) is 19.1 Å². The molecule has 0 aromatic heterocycles. The monoisotopic (exact) mass is 524 g/mol. The Balaban J connectivity index is 2.54. The van der Waals surface area contributed by atoms with Crippen LogP contribution in [0.5, 0.6) is 5.75 Å². The molecule has 2 aromatic rings. The third-order valence-electron chi connectivity index (χ3n) is 5.32. The number of amides is 2. The van der Waals surface area contributed by atoms with E-state index in [-0.39, 0.29) is 24.4 Å². The van der Waals surface area contributed by atoms with Crippen LogP contribution in [0.25, 0.3) is 0 Å². The maximum absolute atomic E-state index is 13.6. The summed E-state index contributed by atoms with van der Waals surface area (Å²) in [5.74, 6) is -1.65. The minimum absolute atomic E-state index is 0.000299. The number of likely N-dealkylation sites (N-methyl/N-ethyl adjacent to an activating group) is 1. The summed E-state index contributed by atoms with van der Waals surface area (Å²) in [7, 11) is -2.87. The number of ether oxygens (including phenoxy) is 1. The summed E-state index contributed by atoms with van der Waals surface area (Å²) < 4.78 is 44.7. The summed E-state index contributed by atoms with van der Waals surface area (Å²) in [6.45, 7) is 2.87. The van der Waals surface area contributed by atoms with E-state index in [0.717, 1.165) is 18.4 Å². The molecule has 13 heteroatoms. The van der Waals surface area contributed by atoms with Crippen LogP contribution in [0.1, 0.15) is 25.8 Å². The number of hydrogen-bond donors (Lipinski definition) is 1. The van der Waals surface area contributed by atoms with Gasteiger partial charge in [0, 0.05) is 25.2 Å². The van der Waals surface area contributed by atoms with E-state index in [2.05, 4.69) is 5.32 Å². The molecule has 0 spiro atoms. The van der Waals surface area contributed by atoms with Gasteiger partial charge in [0.15, 0.2) is 0 Å². The molecule has 1 atom stereocenters. The van der Waals surface area contributed by atoms with Crippen molar-refractivity contribution in [2.24, 2.45) is 0 Å². The van der Waals surface area contributed by atoms with Crippen LogP contribution >= 0.6 is 0 Å². The molecule has 11 nitrogen and oxygen atoms in total. The number of nitrogens with zero attached hydrogens (tertiary/aromatic N) is 3. The van der Waals surface area contributed by atoms with E-state index < -0.39 is 50.9 Å². The van der Waals surface area contributed by atoms with Crippen molar-refractivity contribution in [3.63, 3.8) is 0 Å². The highest BCUT2D eigenvalue weighted by Gasteiger charge is 2.33. The van der Waals surface area contributed by atoms with Gasteiger partial charge in [0.2, 0.25) is 21.8 Å². The molecule has 0 aliphatic heterocycles. The second-order valence-corrected chi connectivity index (χ2v) is 9.76. The molecule has 1 unspecified atom stereocenters. The van der Waals surface area contributed by atoms with Crippen LogP contribution in [0.4, 0.5) is 15.8 Å². The smallest absolute Gasteiger partial charge is 0.271 e. The van der Waals surface area contributed by atoms with Gasteiger partial charge in [0.25, 0.3) is 5.69 Å². The molecule has 0 bridgehead atoms. The first-order valence-electron chi connectivity index (χ1n) is 11.0. The van der Waals surface area contributed by atoms with E-state index in [0.29, 0.717) is 16.4 Å². The van der Waals surface area contributed by atoms with E-state index in [1.54, 1.807) is 13.8 Å². The summed E-state index contributed by atoms with van der Waals surface area (Å²) in [6.07, 6.45) is 1.07. The summed E-state index contributed by atoms with van der Waals surface area (Å²) in [5, 5.41) is 14.0. The zero-order valence-electron chi connectivity index (χ0n) is 20.4. The number of non-ortho nitro benzene ring substituents is 1.